The summed E-state index contributed by atoms with van der Waals surface area (Å²) in [6, 6.07) is 12.7. The zero-order valence-electron chi connectivity index (χ0n) is 21.6. The van der Waals surface area contributed by atoms with Gasteiger partial charge in [-0.15, -0.1) is 0 Å². The zero-order chi connectivity index (χ0) is 25.8. The number of hydrogen-bond acceptors (Lipinski definition) is 5. The minimum atomic E-state index is -0.521. The van der Waals surface area contributed by atoms with E-state index < -0.39 is 6.10 Å². The molecular formula is C29H37NO4S. The maximum absolute atomic E-state index is 11.8. The van der Waals surface area contributed by atoms with Crippen LogP contribution in [0.25, 0.3) is 6.08 Å². The van der Waals surface area contributed by atoms with E-state index in [9.17, 15) is 14.7 Å². The lowest BCUT2D eigenvalue weighted by Gasteiger charge is -2.26. The zero-order valence-corrected chi connectivity index (χ0v) is 22.4. The summed E-state index contributed by atoms with van der Waals surface area (Å²) in [5.74, 6) is 0.934. The van der Waals surface area contributed by atoms with E-state index in [0.717, 1.165) is 53.5 Å². The average molecular weight is 496 g/mol. The number of aliphatic hydroxyl groups excluding tert-OH is 1. The molecule has 0 aliphatic carbocycles. The highest BCUT2D eigenvalue weighted by molar-refractivity contribution is 8.18. The van der Waals surface area contributed by atoms with E-state index in [1.165, 1.54) is 11.1 Å². The van der Waals surface area contributed by atoms with Crippen LogP contribution in [0.5, 0.6) is 5.75 Å². The predicted molar refractivity (Wildman–Crippen MR) is 144 cm³/mol. The molecule has 188 valence electrons. The third kappa shape index (κ3) is 7.21. The summed E-state index contributed by atoms with van der Waals surface area (Å²) in [6.45, 7) is 12.6. The number of imide groups is 1. The summed E-state index contributed by atoms with van der Waals surface area (Å²) >= 11 is 0.944. The number of amides is 2. The van der Waals surface area contributed by atoms with Gasteiger partial charge >= 0.3 is 0 Å². The van der Waals surface area contributed by atoms with Crippen LogP contribution in [0.1, 0.15) is 74.3 Å². The highest BCUT2D eigenvalue weighted by atomic mass is 32.2. The van der Waals surface area contributed by atoms with Gasteiger partial charge in [0, 0.05) is 0 Å². The van der Waals surface area contributed by atoms with E-state index in [1.54, 1.807) is 6.08 Å². The first-order valence-electron chi connectivity index (χ1n) is 12.2. The van der Waals surface area contributed by atoms with Crippen LogP contribution in [0.2, 0.25) is 0 Å². The summed E-state index contributed by atoms with van der Waals surface area (Å²) in [5.41, 5.74) is 5.48. The first kappa shape index (κ1) is 27.0. The summed E-state index contributed by atoms with van der Waals surface area (Å²) in [4.78, 5) is 23.7. The first-order valence-corrected chi connectivity index (χ1v) is 13.1. The third-order valence-electron chi connectivity index (χ3n) is 6.60. The maximum Gasteiger partial charge on any atom is 0.290 e. The smallest absolute Gasteiger partial charge is 0.290 e. The van der Waals surface area contributed by atoms with Crippen LogP contribution in [0, 0.1) is 19.3 Å². The van der Waals surface area contributed by atoms with Gasteiger partial charge in [0.25, 0.3) is 11.1 Å². The quantitative estimate of drug-likeness (QED) is 0.386. The van der Waals surface area contributed by atoms with Gasteiger partial charge in [-0.05, 0) is 96.2 Å². The normalized spacial score (nSPS) is 16.9. The van der Waals surface area contributed by atoms with Gasteiger partial charge in [-0.3, -0.25) is 14.9 Å². The Morgan fingerprint density at radius 2 is 1.83 bits per heavy atom. The molecule has 3 rings (SSSR count). The molecule has 2 aromatic carbocycles. The second-order valence-electron chi connectivity index (χ2n) is 10.4. The van der Waals surface area contributed by atoms with Crippen molar-refractivity contribution in [1.82, 2.24) is 5.32 Å². The molecule has 1 heterocycles. The molecule has 1 aliphatic heterocycles. The number of benzene rings is 2. The number of carbonyl (C=O) groups excluding carboxylic acids is 2. The van der Waals surface area contributed by atoms with E-state index in [-0.39, 0.29) is 23.2 Å². The van der Waals surface area contributed by atoms with Crippen LogP contribution >= 0.6 is 11.8 Å². The maximum atomic E-state index is 11.8. The minimum Gasteiger partial charge on any atom is -0.491 e. The molecule has 1 fully saturated rings. The molecule has 2 N–H and O–H groups in total. The number of rotatable bonds is 9. The first-order chi connectivity index (χ1) is 16.5. The number of aryl methyl sites for hydroxylation is 3. The van der Waals surface area contributed by atoms with Gasteiger partial charge in [0.1, 0.15) is 12.4 Å². The molecule has 2 unspecified atom stereocenters. The Labute approximate surface area is 213 Å². The Bertz CT molecular complexity index is 1120. The number of hydrogen-bond donors (Lipinski definition) is 2. The summed E-state index contributed by atoms with van der Waals surface area (Å²) in [7, 11) is 0. The molecule has 1 aliphatic rings. The third-order valence-corrected chi connectivity index (χ3v) is 7.41. The molecule has 2 aromatic rings. The van der Waals surface area contributed by atoms with Crippen LogP contribution < -0.4 is 10.1 Å². The van der Waals surface area contributed by atoms with Gasteiger partial charge in [0.2, 0.25) is 0 Å². The summed E-state index contributed by atoms with van der Waals surface area (Å²) in [6.07, 6.45) is 4.30. The molecule has 0 saturated carbocycles. The highest BCUT2D eigenvalue weighted by Gasteiger charge is 2.25. The van der Waals surface area contributed by atoms with Gasteiger partial charge in [-0.2, -0.15) is 0 Å². The predicted octanol–water partition coefficient (Wildman–Crippen LogP) is 6.54. The fourth-order valence-electron chi connectivity index (χ4n) is 4.07. The molecule has 5 nitrogen and oxygen atoms in total. The SMILES string of the molecule is CCC(CCc1ccc(C=C2SC(=O)NC2=O)c(C)c1)c1ccc(OCC(O)C(C)(C)C)c(C)c1. The fourth-order valence-corrected chi connectivity index (χ4v) is 4.75. The van der Waals surface area contributed by atoms with Gasteiger partial charge < -0.3 is 9.84 Å². The molecule has 0 bridgehead atoms. The van der Waals surface area contributed by atoms with Crippen molar-refractivity contribution in [1.29, 1.82) is 0 Å². The van der Waals surface area contributed by atoms with Crippen molar-refractivity contribution >= 4 is 29.0 Å². The van der Waals surface area contributed by atoms with Crippen molar-refractivity contribution < 1.29 is 19.4 Å². The van der Waals surface area contributed by atoms with Gasteiger partial charge in [-0.1, -0.05) is 58.0 Å². The van der Waals surface area contributed by atoms with E-state index in [0.29, 0.717) is 10.8 Å². The van der Waals surface area contributed by atoms with Crippen LogP contribution in [0.4, 0.5) is 4.79 Å². The fraction of sp³-hybridized carbons (Fsp3) is 0.448. The Morgan fingerprint density at radius 1 is 1.09 bits per heavy atom. The van der Waals surface area contributed by atoms with Gasteiger partial charge in [-0.25, -0.2) is 0 Å². The van der Waals surface area contributed by atoms with Crippen LogP contribution in [-0.2, 0) is 11.2 Å². The molecule has 35 heavy (non-hydrogen) atoms. The Kier molecular flexibility index (Phi) is 8.84. The van der Waals surface area contributed by atoms with Crippen LogP contribution in [0.3, 0.4) is 0 Å². The molecule has 6 heteroatoms. The summed E-state index contributed by atoms with van der Waals surface area (Å²) < 4.78 is 5.91. The minimum absolute atomic E-state index is 0.211. The molecule has 0 spiro atoms. The van der Waals surface area contributed by atoms with Crippen molar-refractivity contribution in [3.05, 3.63) is 69.1 Å². The number of aliphatic hydroxyl groups is 1. The second-order valence-corrected chi connectivity index (χ2v) is 11.4. The standard InChI is InChI=1S/C29H37NO4S/c1-7-21(23-12-13-24(19(3)15-23)34-17-26(31)29(4,5)6)10-8-20-9-11-22(18(2)14-20)16-25-27(32)30-28(33)35-25/h9,11-16,21,26,31H,7-8,10,17H2,1-6H3,(H,30,32,33). The largest absolute Gasteiger partial charge is 0.491 e. The van der Waals surface area contributed by atoms with Gasteiger partial charge in [0.05, 0.1) is 11.0 Å². The lowest BCUT2D eigenvalue weighted by molar-refractivity contribution is -0.115. The Balaban J connectivity index is 1.63. The van der Waals surface area contributed by atoms with E-state index in [2.05, 4.69) is 43.4 Å². The van der Waals surface area contributed by atoms with Crippen molar-refractivity contribution in [3.63, 3.8) is 0 Å². The molecule has 1 saturated heterocycles. The van der Waals surface area contributed by atoms with Crippen molar-refractivity contribution in [2.45, 2.75) is 72.8 Å². The van der Waals surface area contributed by atoms with Crippen LogP contribution in [-0.4, -0.2) is 29.0 Å². The van der Waals surface area contributed by atoms with E-state index >= 15 is 0 Å². The monoisotopic (exact) mass is 495 g/mol. The van der Waals surface area contributed by atoms with E-state index in [1.807, 2.05) is 39.8 Å². The molecule has 0 aromatic heterocycles. The molecule has 2 atom stereocenters. The second kappa shape index (κ2) is 11.4. The Morgan fingerprint density at radius 3 is 2.40 bits per heavy atom. The van der Waals surface area contributed by atoms with Crippen molar-refractivity contribution in [2.24, 2.45) is 5.41 Å². The number of nitrogens with one attached hydrogen (secondary N) is 1. The number of ether oxygens (including phenoxy) is 1. The van der Waals surface area contributed by atoms with Crippen molar-refractivity contribution in [2.75, 3.05) is 6.61 Å². The average Bonchev–Trinajstić information content (AvgIpc) is 3.10. The molecular weight excluding hydrogens is 458 g/mol. The molecule has 0 radical (unpaired) electrons. The topological polar surface area (TPSA) is 75.6 Å². The van der Waals surface area contributed by atoms with E-state index in [4.69, 9.17) is 4.74 Å². The highest BCUT2D eigenvalue weighted by Crippen LogP contribution is 2.31. The Hall–Kier alpha value is -2.57. The lowest BCUT2D eigenvalue weighted by Crippen LogP contribution is -2.32. The molecule has 2 amide bonds. The number of thioether (sulfide) groups is 1. The van der Waals surface area contributed by atoms with Gasteiger partial charge in [0.15, 0.2) is 0 Å². The van der Waals surface area contributed by atoms with Crippen molar-refractivity contribution in [3.8, 4) is 5.75 Å². The number of carbonyl (C=O) groups is 2. The van der Waals surface area contributed by atoms with Crippen LogP contribution in [0.15, 0.2) is 41.3 Å². The lowest BCUT2D eigenvalue weighted by atomic mass is 9.88. The summed E-state index contributed by atoms with van der Waals surface area (Å²) in [5, 5.41) is 12.2.